The van der Waals surface area contributed by atoms with E-state index in [0.717, 1.165) is 17.4 Å². The van der Waals surface area contributed by atoms with Gasteiger partial charge in [0, 0.05) is 6.42 Å². The molecule has 3 heteroatoms. The van der Waals surface area contributed by atoms with Gasteiger partial charge in [0.1, 0.15) is 13.2 Å². The average Bonchev–Trinajstić information content (AvgIpc) is 2.91. The lowest BCUT2D eigenvalue weighted by atomic mass is 10.0. The van der Waals surface area contributed by atoms with Gasteiger partial charge in [0.05, 0.1) is 20.6 Å². The quantitative estimate of drug-likeness (QED) is 0.0471. The lowest BCUT2D eigenvalue weighted by molar-refractivity contribution is -0.890. The highest BCUT2D eigenvalue weighted by atomic mass is 16.5. The second-order valence-electron chi connectivity index (χ2n) is 13.2. The van der Waals surface area contributed by atoms with Gasteiger partial charge in [-0.2, -0.15) is 0 Å². The lowest BCUT2D eigenvalue weighted by Crippen LogP contribution is -2.43. The molecule has 0 aliphatic rings. The topological polar surface area (TPSA) is 26.3 Å². The van der Waals surface area contributed by atoms with Crippen molar-refractivity contribution in [2.24, 2.45) is 0 Å². The molecule has 0 atom stereocenters. The number of esters is 1. The van der Waals surface area contributed by atoms with E-state index in [1.54, 1.807) is 0 Å². The van der Waals surface area contributed by atoms with E-state index >= 15 is 0 Å². The minimum atomic E-state index is 0.00886. The molecule has 0 N–H and O–H groups in total. The Hall–Kier alpha value is -0.570. The molecule has 0 radical (unpaired) electrons. The number of ether oxygens (including phenoxy) is 1. The molecule has 0 saturated carbocycles. The van der Waals surface area contributed by atoms with Crippen molar-refractivity contribution in [3.8, 4) is 0 Å². The van der Waals surface area contributed by atoms with Crippen LogP contribution in [0.5, 0.6) is 0 Å². The van der Waals surface area contributed by atoms with Crippen LogP contribution in [-0.4, -0.2) is 44.2 Å². The van der Waals surface area contributed by atoms with Crippen molar-refractivity contribution in [1.82, 2.24) is 0 Å². The van der Waals surface area contributed by atoms with Crippen molar-refractivity contribution in [2.75, 3.05) is 33.8 Å². The van der Waals surface area contributed by atoms with E-state index in [9.17, 15) is 4.79 Å². The molecule has 0 aliphatic heterocycles. The second kappa shape index (κ2) is 30.4. The molecule has 234 valence electrons. The van der Waals surface area contributed by atoms with E-state index in [1.807, 2.05) is 0 Å². The van der Waals surface area contributed by atoms with Crippen molar-refractivity contribution < 1.29 is 14.0 Å². The number of carbonyl (C=O) groups excluding carboxylic acids is 1. The molecule has 0 amide bonds. The van der Waals surface area contributed by atoms with Crippen LogP contribution in [0.3, 0.4) is 0 Å². The Balaban J connectivity index is 3.40. The number of nitrogens with zero attached hydrogens (tertiary/aromatic N) is 1. The zero-order valence-electron chi connectivity index (χ0n) is 27.7. The van der Waals surface area contributed by atoms with Gasteiger partial charge >= 0.3 is 5.97 Å². The van der Waals surface area contributed by atoms with Gasteiger partial charge in [-0.15, -0.1) is 0 Å². The molecule has 0 rings (SSSR count). The molecule has 39 heavy (non-hydrogen) atoms. The van der Waals surface area contributed by atoms with E-state index < -0.39 is 0 Å². The summed E-state index contributed by atoms with van der Waals surface area (Å²) in [6.45, 7) is 7.27. The summed E-state index contributed by atoms with van der Waals surface area (Å²) in [6.07, 6.45) is 37.7. The largest absolute Gasteiger partial charge is 0.460 e. The normalized spacial score (nSPS) is 11.8. The number of unbranched alkanes of at least 4 members (excludes halogenated alkanes) is 25. The number of rotatable bonds is 32. The van der Waals surface area contributed by atoms with Crippen molar-refractivity contribution in [1.29, 1.82) is 0 Å². The SMILES string of the molecule is CCCCCCCCCCCCCCCC[N+](C)(C)CCOC(=O)CCCCCCCCCCCCCCC. The molecule has 0 heterocycles. The summed E-state index contributed by atoms with van der Waals surface area (Å²) < 4.78 is 6.52. The molecule has 0 unspecified atom stereocenters. The summed E-state index contributed by atoms with van der Waals surface area (Å²) in [7, 11) is 4.56. The van der Waals surface area contributed by atoms with Gasteiger partial charge in [-0.05, 0) is 19.3 Å². The molecule has 0 fully saturated rings. The fourth-order valence-corrected chi connectivity index (χ4v) is 5.61. The highest BCUT2D eigenvalue weighted by Gasteiger charge is 2.15. The van der Waals surface area contributed by atoms with Crippen molar-refractivity contribution in [2.45, 2.75) is 194 Å². The summed E-state index contributed by atoms with van der Waals surface area (Å²) in [6, 6.07) is 0. The number of carbonyl (C=O) groups is 1. The third kappa shape index (κ3) is 31.8. The Kier molecular flexibility index (Phi) is 29.9. The number of quaternary nitrogens is 1. The smallest absolute Gasteiger partial charge is 0.305 e. The summed E-state index contributed by atoms with van der Waals surface area (Å²) in [5, 5.41) is 0. The van der Waals surface area contributed by atoms with Gasteiger partial charge in [-0.3, -0.25) is 4.79 Å². The van der Waals surface area contributed by atoms with Gasteiger partial charge in [0.2, 0.25) is 0 Å². The molecule has 0 saturated heterocycles. The van der Waals surface area contributed by atoms with Gasteiger partial charge in [-0.1, -0.05) is 168 Å². The van der Waals surface area contributed by atoms with Crippen LogP contribution in [-0.2, 0) is 9.53 Å². The maximum absolute atomic E-state index is 12.1. The van der Waals surface area contributed by atoms with E-state index in [2.05, 4.69) is 27.9 Å². The van der Waals surface area contributed by atoms with Crippen LogP contribution in [0.15, 0.2) is 0 Å². The Morgan fingerprint density at radius 2 is 0.744 bits per heavy atom. The minimum absolute atomic E-state index is 0.00886. The minimum Gasteiger partial charge on any atom is -0.460 e. The molecule has 3 nitrogen and oxygen atoms in total. The molecule has 0 spiro atoms. The van der Waals surface area contributed by atoms with Crippen molar-refractivity contribution >= 4 is 5.97 Å². The van der Waals surface area contributed by atoms with Crippen molar-refractivity contribution in [3.63, 3.8) is 0 Å². The van der Waals surface area contributed by atoms with Gasteiger partial charge in [0.15, 0.2) is 0 Å². The first kappa shape index (κ1) is 38.4. The average molecular weight is 553 g/mol. The first-order valence-corrected chi connectivity index (χ1v) is 18.0. The predicted molar refractivity (Wildman–Crippen MR) is 173 cm³/mol. The van der Waals surface area contributed by atoms with E-state index in [4.69, 9.17) is 4.74 Å². The lowest BCUT2D eigenvalue weighted by Gasteiger charge is -2.29. The summed E-state index contributed by atoms with van der Waals surface area (Å²) in [5.41, 5.74) is 0. The fourth-order valence-electron chi connectivity index (χ4n) is 5.61. The second-order valence-corrected chi connectivity index (χ2v) is 13.2. The van der Waals surface area contributed by atoms with E-state index in [1.165, 1.54) is 173 Å². The first-order chi connectivity index (χ1) is 19.0. The molecular formula is C36H74NO2+. The maximum Gasteiger partial charge on any atom is 0.305 e. The van der Waals surface area contributed by atoms with Gasteiger partial charge in [0.25, 0.3) is 0 Å². The molecule has 0 aromatic heterocycles. The van der Waals surface area contributed by atoms with E-state index in [-0.39, 0.29) is 5.97 Å². The first-order valence-electron chi connectivity index (χ1n) is 18.0. The number of hydrogen-bond donors (Lipinski definition) is 0. The standard InChI is InChI=1S/C36H74NO2/c1-5-7-9-11-13-15-17-19-21-23-25-27-29-31-33-37(3,4)34-35-39-36(38)32-30-28-26-24-22-20-18-16-14-12-10-8-6-2/h5-35H2,1-4H3/q+1. The van der Waals surface area contributed by atoms with Crippen LogP contribution in [0.4, 0.5) is 0 Å². The summed E-state index contributed by atoms with van der Waals surface area (Å²) in [4.78, 5) is 12.1. The van der Waals surface area contributed by atoms with Crippen LogP contribution in [0.25, 0.3) is 0 Å². The summed E-state index contributed by atoms with van der Waals surface area (Å²) in [5.74, 6) is 0.00886. The van der Waals surface area contributed by atoms with Gasteiger partial charge in [-0.25, -0.2) is 0 Å². The number of hydrogen-bond acceptors (Lipinski definition) is 2. The molecule has 0 bridgehead atoms. The van der Waals surface area contributed by atoms with E-state index in [0.29, 0.717) is 13.0 Å². The zero-order chi connectivity index (χ0) is 28.7. The highest BCUT2D eigenvalue weighted by molar-refractivity contribution is 5.69. The van der Waals surface area contributed by atoms with Crippen LogP contribution in [0.1, 0.15) is 194 Å². The van der Waals surface area contributed by atoms with Crippen LogP contribution in [0, 0.1) is 0 Å². The monoisotopic (exact) mass is 553 g/mol. The molecule has 0 aliphatic carbocycles. The molecular weight excluding hydrogens is 478 g/mol. The Morgan fingerprint density at radius 1 is 0.436 bits per heavy atom. The fraction of sp³-hybridized carbons (Fsp3) is 0.972. The Labute approximate surface area is 247 Å². The van der Waals surface area contributed by atoms with Crippen LogP contribution >= 0.6 is 0 Å². The Bertz CT molecular complexity index is 490. The molecule has 0 aromatic carbocycles. The maximum atomic E-state index is 12.1. The summed E-state index contributed by atoms with van der Waals surface area (Å²) >= 11 is 0. The molecule has 0 aromatic rings. The third-order valence-electron chi connectivity index (χ3n) is 8.56. The van der Waals surface area contributed by atoms with Crippen LogP contribution in [0.2, 0.25) is 0 Å². The highest BCUT2D eigenvalue weighted by Crippen LogP contribution is 2.15. The Morgan fingerprint density at radius 3 is 1.10 bits per heavy atom. The van der Waals surface area contributed by atoms with Crippen molar-refractivity contribution in [3.05, 3.63) is 0 Å². The van der Waals surface area contributed by atoms with Gasteiger partial charge < -0.3 is 9.22 Å². The predicted octanol–water partition coefficient (Wildman–Crippen LogP) is 11.6. The zero-order valence-corrected chi connectivity index (χ0v) is 27.7. The number of likely N-dealkylation sites (N-methyl/N-ethyl adjacent to an activating group) is 1. The van der Waals surface area contributed by atoms with Crippen LogP contribution < -0.4 is 0 Å². The third-order valence-corrected chi connectivity index (χ3v) is 8.56.